The van der Waals surface area contributed by atoms with E-state index in [2.05, 4.69) is 4.98 Å². The van der Waals surface area contributed by atoms with Crippen LogP contribution < -0.4 is 9.64 Å². The minimum atomic E-state index is -0.999. The second-order valence-electron chi connectivity index (χ2n) is 6.74. The van der Waals surface area contributed by atoms with E-state index in [0.717, 1.165) is 22.0 Å². The third kappa shape index (κ3) is 6.39. The summed E-state index contributed by atoms with van der Waals surface area (Å²) in [7, 11) is 1.51. The minimum Gasteiger partial charge on any atom is -0.475 e. The Labute approximate surface area is 180 Å². The Morgan fingerprint density at radius 2 is 1.58 bits per heavy atom. The van der Waals surface area contributed by atoms with Gasteiger partial charge in [0.15, 0.2) is 0 Å². The van der Waals surface area contributed by atoms with Crippen LogP contribution in [0.1, 0.15) is 0 Å². The molecule has 3 aromatic rings. The molecule has 1 aromatic heterocycles. The minimum absolute atomic E-state index is 0.00884. The van der Waals surface area contributed by atoms with Gasteiger partial charge in [0.2, 0.25) is 5.88 Å². The van der Waals surface area contributed by atoms with Crippen molar-refractivity contribution in [2.45, 2.75) is 0 Å². The number of nitrogens with zero attached hydrogens (tertiary/aromatic N) is 2. The summed E-state index contributed by atoms with van der Waals surface area (Å²) in [4.78, 5) is 16.8. The Morgan fingerprint density at radius 1 is 0.903 bits per heavy atom. The highest BCUT2D eigenvalue weighted by atomic mass is 16.5. The number of aliphatic hydroxyl groups is 1. The summed E-state index contributed by atoms with van der Waals surface area (Å²) >= 11 is 0. The van der Waals surface area contributed by atoms with Crippen LogP contribution >= 0.6 is 0 Å². The first kappa shape index (κ1) is 22.5. The normalized spacial score (nSPS) is 10.9. The maximum absolute atomic E-state index is 11.1. The number of amides is 1. The molecule has 2 N–H and O–H groups in total. The average Bonchev–Trinajstić information content (AvgIpc) is 2.80. The SMILES string of the molecule is CN(C(=O)O)c1ccc(-c2ccc3nc(OCCOCCOCCO)ccc3c2)cc1. The van der Waals surface area contributed by atoms with Crippen molar-refractivity contribution in [2.24, 2.45) is 0 Å². The van der Waals surface area contributed by atoms with E-state index < -0.39 is 6.09 Å². The molecule has 1 amide bonds. The zero-order chi connectivity index (χ0) is 22.1. The number of fused-ring (bicyclic) bond motifs is 1. The number of aromatic nitrogens is 1. The third-order valence-corrected chi connectivity index (χ3v) is 4.62. The summed E-state index contributed by atoms with van der Waals surface area (Å²) < 4.78 is 16.1. The van der Waals surface area contributed by atoms with E-state index in [1.807, 2.05) is 42.5 Å². The number of ether oxygens (including phenoxy) is 3. The molecule has 0 bridgehead atoms. The Bertz CT molecular complexity index is 993. The maximum atomic E-state index is 11.1. The summed E-state index contributed by atoms with van der Waals surface area (Å²) in [5.41, 5.74) is 3.44. The van der Waals surface area contributed by atoms with Gasteiger partial charge in [0, 0.05) is 24.2 Å². The van der Waals surface area contributed by atoms with Gasteiger partial charge in [-0.3, -0.25) is 4.90 Å². The number of hydrogen-bond acceptors (Lipinski definition) is 6. The summed E-state index contributed by atoms with van der Waals surface area (Å²) in [5.74, 6) is 0.529. The molecule has 0 aliphatic heterocycles. The van der Waals surface area contributed by atoms with E-state index in [9.17, 15) is 4.79 Å². The molecule has 0 unspecified atom stereocenters. The quantitative estimate of drug-likeness (QED) is 0.453. The van der Waals surface area contributed by atoms with Crippen LogP contribution in [0.25, 0.3) is 22.0 Å². The van der Waals surface area contributed by atoms with Crippen molar-refractivity contribution in [1.82, 2.24) is 4.98 Å². The monoisotopic (exact) mass is 426 g/mol. The van der Waals surface area contributed by atoms with Crippen molar-refractivity contribution in [1.29, 1.82) is 0 Å². The number of pyridine rings is 1. The molecule has 8 nitrogen and oxygen atoms in total. The van der Waals surface area contributed by atoms with Gasteiger partial charge in [-0.2, -0.15) is 0 Å². The molecule has 0 aliphatic rings. The molecule has 0 saturated heterocycles. The number of benzene rings is 2. The fraction of sp³-hybridized carbons (Fsp3) is 0.304. The van der Waals surface area contributed by atoms with Crippen LogP contribution in [0.3, 0.4) is 0 Å². The van der Waals surface area contributed by atoms with E-state index in [-0.39, 0.29) is 6.61 Å². The molecule has 8 heteroatoms. The molecule has 0 fully saturated rings. The first-order chi connectivity index (χ1) is 15.1. The van der Waals surface area contributed by atoms with Crippen molar-refractivity contribution in [3.8, 4) is 17.0 Å². The Kier molecular flexibility index (Phi) is 8.17. The Balaban J connectivity index is 1.57. The number of carboxylic acid groups (broad SMARTS) is 1. The van der Waals surface area contributed by atoms with E-state index in [1.165, 1.54) is 11.9 Å². The number of anilines is 1. The van der Waals surface area contributed by atoms with Crippen LogP contribution in [0.15, 0.2) is 54.6 Å². The lowest BCUT2D eigenvalue weighted by molar-refractivity contribution is 0.0243. The van der Waals surface area contributed by atoms with E-state index in [0.29, 0.717) is 44.6 Å². The van der Waals surface area contributed by atoms with E-state index in [4.69, 9.17) is 24.4 Å². The van der Waals surface area contributed by atoms with Gasteiger partial charge in [0.25, 0.3) is 0 Å². The number of aliphatic hydroxyl groups excluding tert-OH is 1. The van der Waals surface area contributed by atoms with Gasteiger partial charge in [-0.05, 0) is 41.5 Å². The second-order valence-corrected chi connectivity index (χ2v) is 6.74. The zero-order valence-corrected chi connectivity index (χ0v) is 17.4. The number of rotatable bonds is 11. The van der Waals surface area contributed by atoms with Crippen LogP contribution in [0.5, 0.6) is 5.88 Å². The topological polar surface area (TPSA) is 101 Å². The smallest absolute Gasteiger partial charge is 0.411 e. The Hall–Kier alpha value is -3.20. The van der Waals surface area contributed by atoms with Gasteiger partial charge in [-0.15, -0.1) is 0 Å². The molecule has 2 aromatic carbocycles. The Morgan fingerprint density at radius 3 is 2.29 bits per heavy atom. The van der Waals surface area contributed by atoms with Gasteiger partial charge < -0.3 is 24.4 Å². The third-order valence-electron chi connectivity index (χ3n) is 4.62. The van der Waals surface area contributed by atoms with E-state index in [1.54, 1.807) is 12.1 Å². The predicted octanol–water partition coefficient (Wildman–Crippen LogP) is 3.42. The molecular weight excluding hydrogens is 400 g/mol. The molecular formula is C23H26N2O6. The van der Waals surface area contributed by atoms with Crippen molar-refractivity contribution < 1.29 is 29.2 Å². The highest BCUT2D eigenvalue weighted by Gasteiger charge is 2.09. The summed E-state index contributed by atoms with van der Waals surface area (Å²) in [6.07, 6.45) is -0.999. The van der Waals surface area contributed by atoms with Gasteiger partial charge in [-0.25, -0.2) is 9.78 Å². The fourth-order valence-electron chi connectivity index (χ4n) is 2.95. The van der Waals surface area contributed by atoms with Crippen LogP contribution in [0.2, 0.25) is 0 Å². The van der Waals surface area contributed by atoms with Gasteiger partial charge >= 0.3 is 6.09 Å². The lowest BCUT2D eigenvalue weighted by Gasteiger charge is -2.13. The molecule has 0 aliphatic carbocycles. The van der Waals surface area contributed by atoms with Crippen LogP contribution in [0, 0.1) is 0 Å². The predicted molar refractivity (Wildman–Crippen MR) is 118 cm³/mol. The molecule has 0 radical (unpaired) electrons. The maximum Gasteiger partial charge on any atom is 0.411 e. The first-order valence-electron chi connectivity index (χ1n) is 9.95. The van der Waals surface area contributed by atoms with Crippen LogP contribution in [-0.2, 0) is 9.47 Å². The lowest BCUT2D eigenvalue weighted by atomic mass is 10.0. The second kappa shape index (κ2) is 11.3. The molecule has 0 saturated carbocycles. The van der Waals surface area contributed by atoms with Gasteiger partial charge in [-0.1, -0.05) is 18.2 Å². The van der Waals surface area contributed by atoms with Gasteiger partial charge in [0.1, 0.15) is 6.61 Å². The van der Waals surface area contributed by atoms with E-state index >= 15 is 0 Å². The molecule has 3 rings (SSSR count). The van der Waals surface area contributed by atoms with Gasteiger partial charge in [0.05, 0.1) is 38.6 Å². The molecule has 1 heterocycles. The summed E-state index contributed by atoms with van der Waals surface area (Å²) in [6, 6.07) is 17.1. The average molecular weight is 426 g/mol. The highest BCUT2D eigenvalue weighted by molar-refractivity contribution is 5.87. The number of carbonyl (C=O) groups is 1. The molecule has 0 atom stereocenters. The summed E-state index contributed by atoms with van der Waals surface area (Å²) in [5, 5.41) is 18.7. The molecule has 0 spiro atoms. The summed E-state index contributed by atoms with van der Waals surface area (Å²) in [6.45, 7) is 2.02. The standard InChI is InChI=1S/C23H26N2O6/c1-25(23(27)28)20-6-2-17(3-7-20)18-4-8-21-19(16-18)5-9-22(24-21)31-15-14-30-13-12-29-11-10-26/h2-9,16,26H,10-15H2,1H3,(H,27,28). The van der Waals surface area contributed by atoms with Crippen LogP contribution in [0.4, 0.5) is 10.5 Å². The lowest BCUT2D eigenvalue weighted by Crippen LogP contribution is -2.23. The molecule has 164 valence electrons. The zero-order valence-electron chi connectivity index (χ0n) is 17.4. The first-order valence-corrected chi connectivity index (χ1v) is 9.95. The molecule has 31 heavy (non-hydrogen) atoms. The van der Waals surface area contributed by atoms with Crippen molar-refractivity contribution >= 4 is 22.7 Å². The highest BCUT2D eigenvalue weighted by Crippen LogP contribution is 2.27. The fourth-order valence-corrected chi connectivity index (χ4v) is 2.95. The largest absolute Gasteiger partial charge is 0.475 e. The van der Waals surface area contributed by atoms with Crippen molar-refractivity contribution in [3.05, 3.63) is 54.6 Å². The van der Waals surface area contributed by atoms with Crippen LogP contribution in [-0.4, -0.2) is 68.0 Å². The van der Waals surface area contributed by atoms with Crippen molar-refractivity contribution in [2.75, 3.05) is 51.6 Å². The number of hydrogen-bond donors (Lipinski definition) is 2. The van der Waals surface area contributed by atoms with Crippen molar-refractivity contribution in [3.63, 3.8) is 0 Å².